The summed E-state index contributed by atoms with van der Waals surface area (Å²) in [5.41, 5.74) is 2.53. The quantitative estimate of drug-likeness (QED) is 0.443. The van der Waals surface area contributed by atoms with Crippen molar-refractivity contribution in [1.82, 2.24) is 9.97 Å². The molecule has 0 aliphatic rings. The zero-order valence-electron chi connectivity index (χ0n) is 12.1. The van der Waals surface area contributed by atoms with Crippen LogP contribution in [-0.2, 0) is 0 Å². The number of aliphatic hydroxyl groups excluding tert-OH is 1. The number of hydrazine groups is 1. The first-order chi connectivity index (χ1) is 8.92. The Labute approximate surface area is 114 Å². The molecule has 1 aromatic heterocycles. The molecule has 1 aromatic rings. The Bertz CT molecular complexity index is 395. The average Bonchev–Trinajstić information content (AvgIpc) is 2.35. The van der Waals surface area contributed by atoms with Crippen LogP contribution in [0, 0.1) is 5.92 Å². The van der Waals surface area contributed by atoms with E-state index in [0.717, 1.165) is 12.2 Å². The summed E-state index contributed by atoms with van der Waals surface area (Å²) in [4.78, 5) is 8.68. The minimum atomic E-state index is -0.383. The molecule has 0 saturated carbocycles. The minimum absolute atomic E-state index is 0.217. The van der Waals surface area contributed by atoms with Crippen molar-refractivity contribution in [2.75, 3.05) is 17.3 Å². The molecule has 1 rings (SSSR count). The van der Waals surface area contributed by atoms with Crippen molar-refractivity contribution in [3.05, 3.63) is 11.9 Å². The third-order valence-electron chi connectivity index (χ3n) is 2.67. The lowest BCUT2D eigenvalue weighted by Crippen LogP contribution is -2.22. The van der Waals surface area contributed by atoms with E-state index < -0.39 is 0 Å². The maximum absolute atomic E-state index is 9.84. The van der Waals surface area contributed by atoms with Gasteiger partial charge in [0.15, 0.2) is 0 Å². The van der Waals surface area contributed by atoms with E-state index in [1.165, 1.54) is 0 Å². The number of nitrogens with zero attached hydrogens (tertiary/aromatic N) is 2. The summed E-state index contributed by atoms with van der Waals surface area (Å²) in [5, 5.41) is 13.0. The second kappa shape index (κ2) is 7.25. The molecular formula is C13H25N5O. The van der Waals surface area contributed by atoms with Crippen molar-refractivity contribution in [3.63, 3.8) is 0 Å². The Balaban J connectivity index is 2.69. The lowest BCUT2D eigenvalue weighted by atomic mass is 10.1. The molecule has 108 valence electrons. The maximum Gasteiger partial charge on any atom is 0.145 e. The molecule has 1 atom stereocenters. The van der Waals surface area contributed by atoms with Gasteiger partial charge < -0.3 is 15.8 Å². The third-order valence-corrected chi connectivity index (χ3v) is 2.67. The molecule has 0 bridgehead atoms. The van der Waals surface area contributed by atoms with Crippen LogP contribution >= 0.6 is 0 Å². The highest BCUT2D eigenvalue weighted by atomic mass is 16.3. The van der Waals surface area contributed by atoms with E-state index in [-0.39, 0.29) is 12.0 Å². The molecule has 0 radical (unpaired) electrons. The molecule has 0 aromatic carbocycles. The van der Waals surface area contributed by atoms with Crippen LogP contribution in [0.2, 0.25) is 0 Å². The van der Waals surface area contributed by atoms with Crippen molar-refractivity contribution in [3.8, 4) is 0 Å². The highest BCUT2D eigenvalue weighted by Crippen LogP contribution is 2.16. The van der Waals surface area contributed by atoms with Crippen molar-refractivity contribution >= 4 is 11.6 Å². The fourth-order valence-electron chi connectivity index (χ4n) is 1.74. The summed E-state index contributed by atoms with van der Waals surface area (Å²) in [6.07, 6.45) is 0.378. The second-order valence-electron chi connectivity index (χ2n) is 5.46. The first kappa shape index (κ1) is 15.7. The van der Waals surface area contributed by atoms with Crippen LogP contribution in [-0.4, -0.2) is 27.7 Å². The minimum Gasteiger partial charge on any atom is -0.391 e. The van der Waals surface area contributed by atoms with Crippen LogP contribution in [0.5, 0.6) is 0 Å². The lowest BCUT2D eigenvalue weighted by Gasteiger charge is -2.15. The fraction of sp³-hybridized carbons (Fsp3) is 0.692. The van der Waals surface area contributed by atoms with Gasteiger partial charge in [-0.3, -0.25) is 0 Å². The highest BCUT2D eigenvalue weighted by Gasteiger charge is 2.10. The van der Waals surface area contributed by atoms with Gasteiger partial charge in [0.25, 0.3) is 0 Å². The van der Waals surface area contributed by atoms with Gasteiger partial charge in [-0.1, -0.05) is 27.7 Å². The zero-order chi connectivity index (χ0) is 14.4. The summed E-state index contributed by atoms with van der Waals surface area (Å²) < 4.78 is 0. The maximum atomic E-state index is 9.84. The molecule has 0 amide bonds. The number of aromatic nitrogens is 2. The number of nitrogen functional groups attached to an aromatic ring is 1. The van der Waals surface area contributed by atoms with Gasteiger partial charge in [-0.25, -0.2) is 15.8 Å². The molecule has 6 nitrogen and oxygen atoms in total. The predicted octanol–water partition coefficient (Wildman–Crippen LogP) is 1.70. The van der Waals surface area contributed by atoms with Gasteiger partial charge >= 0.3 is 0 Å². The zero-order valence-corrected chi connectivity index (χ0v) is 12.1. The summed E-state index contributed by atoms with van der Waals surface area (Å²) in [5.74, 6) is 8.04. The van der Waals surface area contributed by atoms with Crippen LogP contribution < -0.4 is 16.6 Å². The molecule has 5 N–H and O–H groups in total. The van der Waals surface area contributed by atoms with Gasteiger partial charge in [0.05, 0.1) is 6.10 Å². The smallest absolute Gasteiger partial charge is 0.145 e. The molecule has 1 heterocycles. The number of nitrogens with two attached hydrogens (primary N) is 1. The van der Waals surface area contributed by atoms with Gasteiger partial charge in [-0.2, -0.15) is 0 Å². The number of anilines is 2. The van der Waals surface area contributed by atoms with Crippen LogP contribution in [0.4, 0.5) is 11.6 Å². The number of hydrogen-bond donors (Lipinski definition) is 4. The molecule has 0 aliphatic heterocycles. The first-order valence-electron chi connectivity index (χ1n) is 6.70. The first-order valence-corrected chi connectivity index (χ1v) is 6.70. The number of nitrogens with one attached hydrogen (secondary N) is 2. The molecule has 0 saturated heterocycles. The summed E-state index contributed by atoms with van der Waals surface area (Å²) in [6.45, 7) is 8.68. The van der Waals surface area contributed by atoms with Crippen LogP contribution in [0.3, 0.4) is 0 Å². The van der Waals surface area contributed by atoms with E-state index in [9.17, 15) is 5.11 Å². The SMILES string of the molecule is CC(C)CC(O)CNc1cc(NN)nc(C(C)C)n1. The van der Waals surface area contributed by atoms with Gasteiger partial charge in [0, 0.05) is 18.5 Å². The number of rotatable bonds is 7. The third kappa shape index (κ3) is 5.40. The number of hydrogen-bond acceptors (Lipinski definition) is 6. The topological polar surface area (TPSA) is 96.1 Å². The van der Waals surface area contributed by atoms with Gasteiger partial charge in [-0.15, -0.1) is 0 Å². The summed E-state index contributed by atoms with van der Waals surface area (Å²) >= 11 is 0. The standard InChI is InChI=1S/C13H25N5O/c1-8(2)5-10(19)7-15-11-6-12(18-14)17-13(16-11)9(3)4/h6,8-10,19H,5,7,14H2,1-4H3,(H2,15,16,17,18). The second-order valence-corrected chi connectivity index (χ2v) is 5.46. The number of aliphatic hydroxyl groups is 1. The largest absolute Gasteiger partial charge is 0.391 e. The van der Waals surface area contributed by atoms with Crippen LogP contribution in [0.1, 0.15) is 45.9 Å². The van der Waals surface area contributed by atoms with Gasteiger partial charge in [-0.05, 0) is 12.3 Å². The van der Waals surface area contributed by atoms with Gasteiger partial charge in [0.2, 0.25) is 0 Å². The molecule has 0 spiro atoms. The molecule has 0 fully saturated rings. The van der Waals surface area contributed by atoms with Crippen LogP contribution in [0.25, 0.3) is 0 Å². The van der Waals surface area contributed by atoms with Crippen LogP contribution in [0.15, 0.2) is 6.07 Å². The Kier molecular flexibility index (Phi) is 5.98. The van der Waals surface area contributed by atoms with E-state index in [2.05, 4.69) is 34.6 Å². The summed E-state index contributed by atoms with van der Waals surface area (Å²) in [6, 6.07) is 1.73. The van der Waals surface area contributed by atoms with Crippen molar-refractivity contribution < 1.29 is 5.11 Å². The summed E-state index contributed by atoms with van der Waals surface area (Å²) in [7, 11) is 0. The van der Waals surface area contributed by atoms with E-state index in [1.807, 2.05) is 13.8 Å². The van der Waals surface area contributed by atoms with E-state index in [4.69, 9.17) is 5.84 Å². The van der Waals surface area contributed by atoms with Crippen molar-refractivity contribution in [1.29, 1.82) is 0 Å². The van der Waals surface area contributed by atoms with E-state index in [1.54, 1.807) is 6.07 Å². The fourth-order valence-corrected chi connectivity index (χ4v) is 1.74. The predicted molar refractivity (Wildman–Crippen MR) is 77.9 cm³/mol. The average molecular weight is 267 g/mol. The normalized spacial score (nSPS) is 12.8. The lowest BCUT2D eigenvalue weighted by molar-refractivity contribution is 0.161. The molecule has 19 heavy (non-hydrogen) atoms. The molecular weight excluding hydrogens is 242 g/mol. The van der Waals surface area contributed by atoms with Crippen molar-refractivity contribution in [2.45, 2.75) is 46.1 Å². The molecule has 1 unspecified atom stereocenters. The Hall–Kier alpha value is -1.40. The Morgan fingerprint density at radius 3 is 2.37 bits per heavy atom. The Morgan fingerprint density at radius 2 is 1.84 bits per heavy atom. The Morgan fingerprint density at radius 1 is 1.21 bits per heavy atom. The molecule has 6 heteroatoms. The monoisotopic (exact) mass is 267 g/mol. The molecule has 0 aliphatic carbocycles. The van der Waals surface area contributed by atoms with E-state index >= 15 is 0 Å². The highest BCUT2D eigenvalue weighted by molar-refractivity contribution is 5.47. The van der Waals surface area contributed by atoms with E-state index in [0.29, 0.717) is 24.1 Å². The van der Waals surface area contributed by atoms with Crippen molar-refractivity contribution in [2.24, 2.45) is 11.8 Å². The van der Waals surface area contributed by atoms with Gasteiger partial charge in [0.1, 0.15) is 17.5 Å².